The summed E-state index contributed by atoms with van der Waals surface area (Å²) in [6, 6.07) is 54.2. The third kappa shape index (κ3) is 3.77. The van der Waals surface area contributed by atoms with E-state index in [0.29, 0.717) is 0 Å². The van der Waals surface area contributed by atoms with E-state index in [-0.39, 0.29) is 0 Å². The molecule has 0 bridgehead atoms. The molecule has 0 saturated carbocycles. The van der Waals surface area contributed by atoms with E-state index in [1.807, 2.05) is 0 Å². The average molecular weight is 568 g/mol. The topological polar surface area (TPSA) is 22.2 Å². The summed E-state index contributed by atoms with van der Waals surface area (Å²) in [6.45, 7) is 0. The zero-order valence-electron chi connectivity index (χ0n) is 23.2. The third-order valence-corrected chi connectivity index (χ3v) is 9.38. The highest BCUT2D eigenvalue weighted by Crippen LogP contribution is 2.40. The summed E-state index contributed by atoms with van der Waals surface area (Å²) in [5.41, 5.74) is 11.6. The summed E-state index contributed by atoms with van der Waals surface area (Å²) in [5.74, 6) is 0. The summed E-state index contributed by atoms with van der Waals surface area (Å²) in [5, 5.41) is 2.51. The SMILES string of the molecule is c1ccc(-c2nc3sc4ccccc4n3c2-c2cccc(-c3ccc4c(c3)c3ccccc3n4-c3ccccc3)c2)cc1. The van der Waals surface area contributed by atoms with Gasteiger partial charge in [0.1, 0.15) is 0 Å². The fraction of sp³-hybridized carbons (Fsp3) is 0. The predicted molar refractivity (Wildman–Crippen MR) is 181 cm³/mol. The molecular formula is C39H25N3S. The van der Waals surface area contributed by atoms with Crippen LogP contribution in [-0.4, -0.2) is 14.0 Å². The first-order chi connectivity index (χ1) is 21.3. The third-order valence-electron chi connectivity index (χ3n) is 8.36. The summed E-state index contributed by atoms with van der Waals surface area (Å²) in [7, 11) is 0. The smallest absolute Gasteiger partial charge is 0.195 e. The van der Waals surface area contributed by atoms with Crippen LogP contribution in [0.5, 0.6) is 0 Å². The first-order valence-electron chi connectivity index (χ1n) is 14.5. The lowest BCUT2D eigenvalue weighted by molar-refractivity contribution is 1.18. The van der Waals surface area contributed by atoms with Gasteiger partial charge in [0.05, 0.1) is 32.6 Å². The average Bonchev–Trinajstić information content (AvgIpc) is 3.73. The van der Waals surface area contributed by atoms with Gasteiger partial charge in [0.2, 0.25) is 0 Å². The summed E-state index contributed by atoms with van der Waals surface area (Å²) < 4.78 is 5.93. The quantitative estimate of drug-likeness (QED) is 0.207. The first kappa shape index (κ1) is 24.2. The Labute approximate surface area is 252 Å². The van der Waals surface area contributed by atoms with Crippen LogP contribution in [0.2, 0.25) is 0 Å². The maximum Gasteiger partial charge on any atom is 0.195 e. The molecule has 0 amide bonds. The van der Waals surface area contributed by atoms with E-state index < -0.39 is 0 Å². The maximum atomic E-state index is 5.18. The van der Waals surface area contributed by atoms with Crippen LogP contribution in [-0.2, 0) is 0 Å². The molecule has 0 aliphatic rings. The molecule has 0 aliphatic heterocycles. The van der Waals surface area contributed by atoms with Crippen molar-refractivity contribution >= 4 is 48.3 Å². The molecule has 3 aromatic heterocycles. The van der Waals surface area contributed by atoms with Crippen molar-refractivity contribution in [1.29, 1.82) is 0 Å². The summed E-state index contributed by atoms with van der Waals surface area (Å²) in [4.78, 5) is 6.19. The largest absolute Gasteiger partial charge is 0.309 e. The van der Waals surface area contributed by atoms with E-state index in [9.17, 15) is 0 Å². The van der Waals surface area contributed by atoms with E-state index >= 15 is 0 Å². The minimum absolute atomic E-state index is 1.01. The van der Waals surface area contributed by atoms with Gasteiger partial charge in [0, 0.05) is 27.6 Å². The van der Waals surface area contributed by atoms with Crippen molar-refractivity contribution in [3.63, 3.8) is 0 Å². The number of benzene rings is 6. The molecule has 0 aliphatic carbocycles. The van der Waals surface area contributed by atoms with Gasteiger partial charge >= 0.3 is 0 Å². The molecule has 4 heteroatoms. The fourth-order valence-electron chi connectivity index (χ4n) is 6.44. The Morgan fingerprint density at radius 3 is 1.98 bits per heavy atom. The van der Waals surface area contributed by atoms with Crippen LogP contribution >= 0.6 is 11.3 Å². The molecule has 9 rings (SSSR count). The molecular weight excluding hydrogens is 543 g/mol. The molecule has 0 atom stereocenters. The molecule has 9 aromatic rings. The Morgan fingerprint density at radius 2 is 1.12 bits per heavy atom. The number of thiazole rings is 1. The van der Waals surface area contributed by atoms with Gasteiger partial charge in [0.15, 0.2) is 4.96 Å². The molecule has 6 aromatic carbocycles. The highest BCUT2D eigenvalue weighted by molar-refractivity contribution is 7.23. The Bertz CT molecular complexity index is 2450. The van der Waals surface area contributed by atoms with Gasteiger partial charge in [0.25, 0.3) is 0 Å². The Morgan fingerprint density at radius 1 is 0.465 bits per heavy atom. The summed E-state index contributed by atoms with van der Waals surface area (Å²) in [6.07, 6.45) is 0. The Balaban J connectivity index is 1.26. The van der Waals surface area contributed by atoms with Crippen molar-refractivity contribution in [3.8, 4) is 39.3 Å². The van der Waals surface area contributed by atoms with Gasteiger partial charge < -0.3 is 4.57 Å². The number of imidazole rings is 1. The highest BCUT2D eigenvalue weighted by atomic mass is 32.1. The van der Waals surface area contributed by atoms with Crippen molar-refractivity contribution in [3.05, 3.63) is 152 Å². The Kier molecular flexibility index (Phi) is 5.37. The van der Waals surface area contributed by atoms with Crippen LogP contribution in [0.3, 0.4) is 0 Å². The number of fused-ring (bicyclic) bond motifs is 6. The van der Waals surface area contributed by atoms with E-state index in [1.54, 1.807) is 11.3 Å². The van der Waals surface area contributed by atoms with Crippen molar-refractivity contribution < 1.29 is 0 Å². The first-order valence-corrected chi connectivity index (χ1v) is 15.3. The molecule has 0 unspecified atom stereocenters. The molecule has 202 valence electrons. The zero-order valence-corrected chi connectivity index (χ0v) is 24.0. The minimum Gasteiger partial charge on any atom is -0.309 e. The monoisotopic (exact) mass is 567 g/mol. The van der Waals surface area contributed by atoms with E-state index in [1.165, 1.54) is 48.8 Å². The van der Waals surface area contributed by atoms with Crippen LogP contribution in [0.4, 0.5) is 0 Å². The second kappa shape index (κ2) is 9.55. The lowest BCUT2D eigenvalue weighted by Gasteiger charge is -2.10. The van der Waals surface area contributed by atoms with Crippen LogP contribution in [0.1, 0.15) is 0 Å². The number of aromatic nitrogens is 3. The molecule has 3 heterocycles. The molecule has 43 heavy (non-hydrogen) atoms. The predicted octanol–water partition coefficient (Wildman–Crippen LogP) is 10.6. The second-order valence-electron chi connectivity index (χ2n) is 10.9. The van der Waals surface area contributed by atoms with Gasteiger partial charge in [-0.3, -0.25) is 4.40 Å². The molecule has 0 saturated heterocycles. The summed E-state index contributed by atoms with van der Waals surface area (Å²) >= 11 is 1.74. The van der Waals surface area contributed by atoms with Gasteiger partial charge in [-0.15, -0.1) is 0 Å². The minimum atomic E-state index is 1.01. The van der Waals surface area contributed by atoms with Gasteiger partial charge in [-0.2, -0.15) is 0 Å². The number of rotatable bonds is 4. The lowest BCUT2D eigenvalue weighted by Crippen LogP contribution is -1.93. The maximum absolute atomic E-state index is 5.18. The van der Waals surface area contributed by atoms with Gasteiger partial charge in [-0.25, -0.2) is 4.98 Å². The van der Waals surface area contributed by atoms with Crippen LogP contribution in [0.25, 0.3) is 76.3 Å². The number of nitrogens with zero attached hydrogens (tertiary/aromatic N) is 3. The van der Waals surface area contributed by atoms with E-state index in [4.69, 9.17) is 4.98 Å². The van der Waals surface area contributed by atoms with E-state index in [0.717, 1.165) is 27.5 Å². The second-order valence-corrected chi connectivity index (χ2v) is 11.9. The van der Waals surface area contributed by atoms with Crippen molar-refractivity contribution in [2.45, 2.75) is 0 Å². The molecule has 0 fully saturated rings. The molecule has 3 nitrogen and oxygen atoms in total. The normalized spacial score (nSPS) is 11.7. The number of hydrogen-bond donors (Lipinski definition) is 0. The number of hydrogen-bond acceptors (Lipinski definition) is 2. The molecule has 0 radical (unpaired) electrons. The van der Waals surface area contributed by atoms with E-state index in [2.05, 4.69) is 161 Å². The standard InChI is InChI=1S/C39H25N3S/c1-3-12-26(13-4-1)37-38(42-35-20-9-10-21-36(35)43-39(42)40-37)29-15-11-14-27(24-29)28-22-23-34-32(25-28)31-18-7-8-19-33(31)41(34)30-16-5-2-6-17-30/h1-25H. The number of para-hydroxylation sites is 3. The molecule has 0 N–H and O–H groups in total. The fourth-order valence-corrected chi connectivity index (χ4v) is 7.46. The van der Waals surface area contributed by atoms with Crippen molar-refractivity contribution in [1.82, 2.24) is 14.0 Å². The van der Waals surface area contributed by atoms with Crippen LogP contribution < -0.4 is 0 Å². The molecule has 0 spiro atoms. The zero-order chi connectivity index (χ0) is 28.3. The van der Waals surface area contributed by atoms with Crippen LogP contribution in [0.15, 0.2) is 152 Å². The highest BCUT2D eigenvalue weighted by Gasteiger charge is 2.20. The van der Waals surface area contributed by atoms with Gasteiger partial charge in [-0.05, 0) is 59.7 Å². The lowest BCUT2D eigenvalue weighted by atomic mass is 9.98. The van der Waals surface area contributed by atoms with Gasteiger partial charge in [-0.1, -0.05) is 114 Å². The van der Waals surface area contributed by atoms with Crippen LogP contribution in [0, 0.1) is 0 Å². The van der Waals surface area contributed by atoms with Crippen molar-refractivity contribution in [2.75, 3.05) is 0 Å². The van der Waals surface area contributed by atoms with Crippen molar-refractivity contribution in [2.24, 2.45) is 0 Å². The Hall–Kier alpha value is -5.45.